The molecule has 28 heavy (non-hydrogen) atoms. The largest absolute Gasteiger partial charge is 0.502 e. The zero-order valence-electron chi connectivity index (χ0n) is 14.4. The Balaban J connectivity index is 1.76. The van der Waals surface area contributed by atoms with Gasteiger partial charge in [0.1, 0.15) is 17.9 Å². The van der Waals surface area contributed by atoms with E-state index in [1.54, 1.807) is 6.07 Å². The first-order chi connectivity index (χ1) is 13.7. The summed E-state index contributed by atoms with van der Waals surface area (Å²) in [6.45, 7) is 0.367. The lowest BCUT2D eigenvalue weighted by Crippen LogP contribution is -2.07. The Kier molecular flexibility index (Phi) is 2.84. The van der Waals surface area contributed by atoms with Crippen LogP contribution in [0.15, 0.2) is 51.8 Å². The van der Waals surface area contributed by atoms with Crippen LogP contribution in [0.5, 0.6) is 11.5 Å². The van der Waals surface area contributed by atoms with Crippen molar-refractivity contribution in [2.75, 3.05) is 6.61 Å². The van der Waals surface area contributed by atoms with Gasteiger partial charge in [-0.1, -0.05) is 18.2 Å². The highest BCUT2D eigenvalue weighted by molar-refractivity contribution is 6.14. The third-order valence-corrected chi connectivity index (χ3v) is 5.10. The highest BCUT2D eigenvalue weighted by atomic mass is 16.5. The third-order valence-electron chi connectivity index (χ3n) is 5.10. The van der Waals surface area contributed by atoms with Crippen LogP contribution in [0.2, 0.25) is 0 Å². The number of phenols is 1. The van der Waals surface area contributed by atoms with E-state index in [9.17, 15) is 9.90 Å². The molecule has 0 radical (unpaired) electrons. The number of benzene rings is 2. The fraction of sp³-hybridized carbons (Fsp3) is 0.0476. The van der Waals surface area contributed by atoms with E-state index in [0.717, 1.165) is 27.8 Å². The Hall–Kier alpha value is -4.00. The maximum absolute atomic E-state index is 11.8. The van der Waals surface area contributed by atoms with Crippen molar-refractivity contribution in [3.05, 3.63) is 63.9 Å². The molecule has 2 aromatic carbocycles. The molecule has 0 aliphatic carbocycles. The predicted octanol–water partition coefficient (Wildman–Crippen LogP) is 3.79. The minimum atomic E-state index is -0.485. The molecule has 7 nitrogen and oxygen atoms in total. The molecular weight excluding hydrogens is 358 g/mol. The zero-order chi connectivity index (χ0) is 18.8. The van der Waals surface area contributed by atoms with E-state index in [0.29, 0.717) is 28.7 Å². The molecule has 0 fully saturated rings. The minimum absolute atomic E-state index is 0.144. The van der Waals surface area contributed by atoms with E-state index in [1.807, 2.05) is 30.5 Å². The zero-order valence-corrected chi connectivity index (χ0v) is 14.4. The molecule has 0 spiro atoms. The number of furan rings is 1. The number of nitrogens with zero attached hydrogens (tertiary/aromatic N) is 1. The quantitative estimate of drug-likeness (QED) is 0.416. The van der Waals surface area contributed by atoms with Crippen LogP contribution in [0.25, 0.3) is 44.8 Å². The molecule has 1 aliphatic rings. The second-order valence-corrected chi connectivity index (χ2v) is 6.73. The molecule has 136 valence electrons. The summed E-state index contributed by atoms with van der Waals surface area (Å²) in [6, 6.07) is 10.8. The summed E-state index contributed by atoms with van der Waals surface area (Å²) < 4.78 is 11.9. The molecule has 5 aromatic rings. The lowest BCUT2D eigenvalue weighted by molar-refractivity contribution is 0.366. The van der Waals surface area contributed by atoms with Crippen molar-refractivity contribution in [1.29, 1.82) is 0 Å². The second kappa shape index (κ2) is 5.26. The Labute approximate surface area is 156 Å². The van der Waals surface area contributed by atoms with Crippen LogP contribution in [0, 0.1) is 0 Å². The van der Waals surface area contributed by atoms with E-state index in [-0.39, 0.29) is 5.58 Å². The monoisotopic (exact) mass is 371 g/mol. The minimum Gasteiger partial charge on any atom is -0.502 e. The van der Waals surface area contributed by atoms with Crippen molar-refractivity contribution < 1.29 is 14.3 Å². The van der Waals surface area contributed by atoms with Crippen molar-refractivity contribution >= 4 is 44.8 Å². The lowest BCUT2D eigenvalue weighted by Gasteiger charge is -2.18. The summed E-state index contributed by atoms with van der Waals surface area (Å²) in [4.78, 5) is 16.5. The average Bonchev–Trinajstić information content (AvgIpc) is 3.33. The van der Waals surface area contributed by atoms with Crippen molar-refractivity contribution in [3.63, 3.8) is 0 Å². The fourth-order valence-electron chi connectivity index (χ4n) is 3.80. The van der Waals surface area contributed by atoms with Gasteiger partial charge in [0.25, 0.3) is 0 Å². The Bertz CT molecular complexity index is 1500. The molecule has 0 atom stereocenters. The molecule has 1 aliphatic heterocycles. The molecule has 3 N–H and O–H groups in total. The second-order valence-electron chi connectivity index (χ2n) is 6.73. The van der Waals surface area contributed by atoms with Gasteiger partial charge >= 0.3 is 0 Å². The molecule has 0 saturated carbocycles. The Morgan fingerprint density at radius 2 is 1.96 bits per heavy atom. The number of aromatic amines is 2. The third kappa shape index (κ3) is 1.92. The fourth-order valence-corrected chi connectivity index (χ4v) is 3.80. The average molecular weight is 371 g/mol. The molecule has 0 saturated heterocycles. The number of hydrogen-bond donors (Lipinski definition) is 3. The summed E-state index contributed by atoms with van der Waals surface area (Å²) in [7, 11) is 0. The van der Waals surface area contributed by atoms with Crippen molar-refractivity contribution in [1.82, 2.24) is 15.2 Å². The van der Waals surface area contributed by atoms with Crippen LogP contribution >= 0.6 is 0 Å². The number of phenolic OH excluding ortho intramolecular Hbond substituents is 1. The first-order valence-electron chi connectivity index (χ1n) is 8.77. The van der Waals surface area contributed by atoms with E-state index >= 15 is 0 Å². The van der Waals surface area contributed by atoms with Gasteiger partial charge in [0.15, 0.2) is 16.8 Å². The van der Waals surface area contributed by atoms with E-state index in [1.165, 1.54) is 6.07 Å². The van der Waals surface area contributed by atoms with Gasteiger partial charge in [-0.15, -0.1) is 0 Å². The smallest absolute Gasteiger partial charge is 0.224 e. The number of nitrogens with one attached hydrogen (secondary N) is 2. The Morgan fingerprint density at radius 3 is 2.89 bits per heavy atom. The molecule has 0 unspecified atom stereocenters. The topological polar surface area (TPSA) is 104 Å². The van der Waals surface area contributed by atoms with Crippen LogP contribution < -0.4 is 10.2 Å². The molecule has 0 bridgehead atoms. The van der Waals surface area contributed by atoms with Crippen LogP contribution in [-0.4, -0.2) is 26.9 Å². The van der Waals surface area contributed by atoms with Gasteiger partial charge in [-0.2, -0.15) is 0 Å². The number of aromatic nitrogens is 3. The lowest BCUT2D eigenvalue weighted by atomic mass is 9.98. The van der Waals surface area contributed by atoms with E-state index < -0.39 is 11.2 Å². The number of hydrogen-bond acceptors (Lipinski definition) is 5. The Morgan fingerprint density at radius 1 is 1.07 bits per heavy atom. The number of H-pyrrole nitrogens is 2. The number of rotatable bonds is 1. The molecule has 3 aromatic heterocycles. The number of aromatic hydroxyl groups is 1. The summed E-state index contributed by atoms with van der Waals surface area (Å²) in [5, 5.41) is 17.6. The normalized spacial score (nSPS) is 13.6. The predicted molar refractivity (Wildman–Crippen MR) is 105 cm³/mol. The van der Waals surface area contributed by atoms with Gasteiger partial charge in [-0.25, -0.2) is 4.98 Å². The number of pyridine rings is 1. The van der Waals surface area contributed by atoms with E-state index in [2.05, 4.69) is 21.3 Å². The van der Waals surface area contributed by atoms with Crippen molar-refractivity contribution in [2.45, 2.75) is 0 Å². The molecule has 6 rings (SSSR count). The van der Waals surface area contributed by atoms with Gasteiger partial charge in [-0.05, 0) is 24.3 Å². The first kappa shape index (κ1) is 15.1. The number of ether oxygens (including phenoxy) is 1. The van der Waals surface area contributed by atoms with Gasteiger partial charge in [0.05, 0.1) is 5.39 Å². The molecular formula is C21H13N3O4. The first-order valence-corrected chi connectivity index (χ1v) is 8.77. The summed E-state index contributed by atoms with van der Waals surface area (Å²) in [5.41, 5.74) is 4.10. The summed E-state index contributed by atoms with van der Waals surface area (Å²) in [6.07, 6.45) is 3.87. The summed E-state index contributed by atoms with van der Waals surface area (Å²) >= 11 is 0. The maximum atomic E-state index is 11.8. The van der Waals surface area contributed by atoms with Crippen molar-refractivity contribution in [2.24, 2.45) is 0 Å². The van der Waals surface area contributed by atoms with Gasteiger partial charge in [-0.3, -0.25) is 9.89 Å². The van der Waals surface area contributed by atoms with Gasteiger partial charge in [0.2, 0.25) is 11.2 Å². The van der Waals surface area contributed by atoms with Crippen molar-refractivity contribution in [3.8, 4) is 11.5 Å². The maximum Gasteiger partial charge on any atom is 0.224 e. The standard InChI is InChI=1S/C21H13N3O4/c25-14-6-5-12-17-20(28-19(12)18(14)26)16(13-8-22-24-21(13)23-17)11-7-10-3-1-2-4-15(10)27-9-11/h1-8,26H,9H2,(H2,22,23,24). The van der Waals surface area contributed by atoms with Crippen LogP contribution in [0.4, 0.5) is 0 Å². The van der Waals surface area contributed by atoms with Gasteiger partial charge in [0, 0.05) is 28.3 Å². The number of fused-ring (bicyclic) bond motifs is 5. The summed E-state index contributed by atoms with van der Waals surface area (Å²) in [5.74, 6) is 0.419. The van der Waals surface area contributed by atoms with Crippen LogP contribution in [0.3, 0.4) is 0 Å². The SMILES string of the molecule is O=c1ccc2c(oc3c(C4=Cc5ccccc5OC4)c4c[nH][nH]c4nc32)c1O. The van der Waals surface area contributed by atoms with Gasteiger partial charge < -0.3 is 19.4 Å². The van der Waals surface area contributed by atoms with E-state index in [4.69, 9.17) is 9.15 Å². The van der Waals surface area contributed by atoms with Crippen LogP contribution in [0.1, 0.15) is 11.1 Å². The van der Waals surface area contributed by atoms with Crippen LogP contribution in [-0.2, 0) is 0 Å². The highest BCUT2D eigenvalue weighted by Gasteiger charge is 2.24. The molecule has 0 amide bonds. The number of para-hydroxylation sites is 1. The molecule has 7 heteroatoms. The molecule has 4 heterocycles. The highest BCUT2D eigenvalue weighted by Crippen LogP contribution is 2.40.